The molecule has 0 radical (unpaired) electrons. The van der Waals surface area contributed by atoms with E-state index < -0.39 is 0 Å². The third-order valence-electron chi connectivity index (χ3n) is 5.53. The number of allylic oxidation sites excluding steroid dienone is 1. The van der Waals surface area contributed by atoms with Gasteiger partial charge in [-0.05, 0) is 37.3 Å². The topological polar surface area (TPSA) is 41.6 Å². The fraction of sp³-hybridized carbons (Fsp3) is 0.375. The van der Waals surface area contributed by atoms with Crippen molar-refractivity contribution >= 4 is 5.91 Å². The van der Waals surface area contributed by atoms with E-state index in [4.69, 9.17) is 4.74 Å². The van der Waals surface area contributed by atoms with Crippen molar-refractivity contribution in [2.45, 2.75) is 38.3 Å². The van der Waals surface area contributed by atoms with Gasteiger partial charge in [-0.15, -0.1) is 0 Å². The number of carbonyl (C=O) groups is 1. The summed E-state index contributed by atoms with van der Waals surface area (Å²) < 4.78 is 6.36. The zero-order chi connectivity index (χ0) is 19.2. The predicted molar refractivity (Wildman–Crippen MR) is 111 cm³/mol. The van der Waals surface area contributed by atoms with Gasteiger partial charge in [-0.3, -0.25) is 9.69 Å². The number of carbonyl (C=O) groups excluding carboxylic acids is 1. The van der Waals surface area contributed by atoms with Crippen molar-refractivity contribution in [2.24, 2.45) is 0 Å². The molecule has 1 atom stereocenters. The van der Waals surface area contributed by atoms with Gasteiger partial charge in [0.2, 0.25) is 5.91 Å². The number of hydrogen-bond donors (Lipinski definition) is 1. The standard InChI is InChI=1S/C24H28N2O2/c27-24(20-11-5-2-6-12-20)25-15-16-26-17-21-13-7-8-14-22(21)28-23(18-26)19-9-3-1-4-10-19/h1,3-4,7-11,13-14,23H,2,5-6,12,15-18H2,(H,25,27)/t23-/m0/s1. The highest BCUT2D eigenvalue weighted by atomic mass is 16.5. The molecule has 2 aliphatic rings. The molecule has 28 heavy (non-hydrogen) atoms. The lowest BCUT2D eigenvalue weighted by atomic mass is 9.99. The van der Waals surface area contributed by atoms with Crippen LogP contribution in [0, 0.1) is 0 Å². The molecule has 0 bridgehead atoms. The third-order valence-corrected chi connectivity index (χ3v) is 5.53. The van der Waals surface area contributed by atoms with Gasteiger partial charge in [0.1, 0.15) is 11.9 Å². The first kappa shape index (κ1) is 18.8. The van der Waals surface area contributed by atoms with Gasteiger partial charge < -0.3 is 10.1 Å². The van der Waals surface area contributed by atoms with Crippen LogP contribution in [0.2, 0.25) is 0 Å². The van der Waals surface area contributed by atoms with E-state index >= 15 is 0 Å². The summed E-state index contributed by atoms with van der Waals surface area (Å²) in [5, 5.41) is 3.11. The molecule has 1 amide bonds. The van der Waals surface area contributed by atoms with Gasteiger partial charge >= 0.3 is 0 Å². The molecule has 4 rings (SSSR count). The van der Waals surface area contributed by atoms with Crippen LogP contribution in [0.1, 0.15) is 42.9 Å². The first-order chi connectivity index (χ1) is 13.8. The van der Waals surface area contributed by atoms with Gasteiger partial charge in [-0.2, -0.15) is 0 Å². The summed E-state index contributed by atoms with van der Waals surface area (Å²) in [6.45, 7) is 3.09. The monoisotopic (exact) mass is 376 g/mol. The Morgan fingerprint density at radius 2 is 1.89 bits per heavy atom. The second kappa shape index (κ2) is 9.07. The van der Waals surface area contributed by atoms with E-state index in [-0.39, 0.29) is 12.0 Å². The van der Waals surface area contributed by atoms with E-state index in [1.54, 1.807) is 0 Å². The van der Waals surface area contributed by atoms with Crippen molar-refractivity contribution in [3.8, 4) is 5.75 Å². The summed E-state index contributed by atoms with van der Waals surface area (Å²) in [4.78, 5) is 14.7. The molecule has 0 fully saturated rings. The van der Waals surface area contributed by atoms with Crippen LogP contribution in [0.4, 0.5) is 0 Å². The Labute approximate surface area is 167 Å². The Bertz CT molecular complexity index is 832. The molecule has 1 aliphatic heterocycles. The molecule has 1 N–H and O–H groups in total. The predicted octanol–water partition coefficient (Wildman–Crippen LogP) is 4.24. The molecule has 0 unspecified atom stereocenters. The first-order valence-corrected chi connectivity index (χ1v) is 10.3. The lowest BCUT2D eigenvalue weighted by Gasteiger charge is -2.24. The summed E-state index contributed by atoms with van der Waals surface area (Å²) in [6.07, 6.45) is 6.35. The first-order valence-electron chi connectivity index (χ1n) is 10.3. The maximum Gasteiger partial charge on any atom is 0.246 e. The Balaban J connectivity index is 1.42. The van der Waals surface area contributed by atoms with E-state index in [2.05, 4.69) is 52.7 Å². The molecule has 4 nitrogen and oxygen atoms in total. The van der Waals surface area contributed by atoms with Crippen LogP contribution in [0.25, 0.3) is 0 Å². The van der Waals surface area contributed by atoms with Crippen molar-refractivity contribution in [1.82, 2.24) is 10.2 Å². The van der Waals surface area contributed by atoms with Gasteiger partial charge in [0, 0.05) is 37.3 Å². The van der Waals surface area contributed by atoms with Gasteiger partial charge in [0.05, 0.1) is 0 Å². The van der Waals surface area contributed by atoms with E-state index in [1.807, 2.05) is 18.2 Å². The molecule has 1 heterocycles. The molecule has 0 spiro atoms. The van der Waals surface area contributed by atoms with Crippen LogP contribution < -0.4 is 10.1 Å². The third kappa shape index (κ3) is 4.63. The normalized spacial score (nSPS) is 19.7. The molecular formula is C24H28N2O2. The van der Waals surface area contributed by atoms with Crippen LogP contribution in [-0.4, -0.2) is 30.4 Å². The minimum atomic E-state index is -0.0124. The van der Waals surface area contributed by atoms with Crippen LogP contribution in [0.3, 0.4) is 0 Å². The van der Waals surface area contributed by atoms with Crippen LogP contribution in [0.5, 0.6) is 5.75 Å². The number of hydrogen-bond acceptors (Lipinski definition) is 3. The average Bonchev–Trinajstić information content (AvgIpc) is 2.94. The van der Waals surface area contributed by atoms with Crippen molar-refractivity contribution in [3.05, 3.63) is 77.4 Å². The zero-order valence-electron chi connectivity index (χ0n) is 16.3. The molecule has 2 aromatic carbocycles. The second-order valence-corrected chi connectivity index (χ2v) is 7.59. The minimum absolute atomic E-state index is 0.0124. The van der Waals surface area contributed by atoms with E-state index in [0.29, 0.717) is 6.54 Å². The highest BCUT2D eigenvalue weighted by Crippen LogP contribution is 2.30. The highest BCUT2D eigenvalue weighted by Gasteiger charge is 2.24. The Morgan fingerprint density at radius 1 is 1.07 bits per heavy atom. The second-order valence-electron chi connectivity index (χ2n) is 7.59. The number of fused-ring (bicyclic) bond motifs is 1. The molecular weight excluding hydrogens is 348 g/mol. The summed E-state index contributed by atoms with van der Waals surface area (Å²) in [5.74, 6) is 1.06. The average molecular weight is 377 g/mol. The summed E-state index contributed by atoms with van der Waals surface area (Å²) >= 11 is 0. The number of amides is 1. The Morgan fingerprint density at radius 3 is 2.71 bits per heavy atom. The molecule has 0 saturated heterocycles. The number of nitrogens with one attached hydrogen (secondary N) is 1. The largest absolute Gasteiger partial charge is 0.484 e. The van der Waals surface area contributed by atoms with Crippen molar-refractivity contribution in [1.29, 1.82) is 0 Å². The molecule has 4 heteroatoms. The Hall–Kier alpha value is -2.59. The molecule has 1 aliphatic carbocycles. The van der Waals surface area contributed by atoms with Gasteiger partial charge in [-0.25, -0.2) is 0 Å². The highest BCUT2D eigenvalue weighted by molar-refractivity contribution is 5.93. The van der Waals surface area contributed by atoms with Crippen molar-refractivity contribution in [3.63, 3.8) is 0 Å². The van der Waals surface area contributed by atoms with Gasteiger partial charge in [0.15, 0.2) is 0 Å². The smallest absolute Gasteiger partial charge is 0.246 e. The summed E-state index contributed by atoms with van der Waals surface area (Å²) in [6, 6.07) is 18.6. The number of ether oxygens (including phenoxy) is 1. The maximum absolute atomic E-state index is 12.4. The lowest BCUT2D eigenvalue weighted by molar-refractivity contribution is -0.117. The number of rotatable bonds is 5. The van der Waals surface area contributed by atoms with Gasteiger partial charge in [-0.1, -0.05) is 54.6 Å². The molecule has 146 valence electrons. The molecule has 0 saturated carbocycles. The molecule has 0 aromatic heterocycles. The van der Waals surface area contributed by atoms with Crippen molar-refractivity contribution in [2.75, 3.05) is 19.6 Å². The number of benzene rings is 2. The van der Waals surface area contributed by atoms with Crippen LogP contribution in [0.15, 0.2) is 66.2 Å². The fourth-order valence-electron chi connectivity index (χ4n) is 3.98. The maximum atomic E-state index is 12.4. The SMILES string of the molecule is O=C(NCCN1Cc2ccccc2O[C@H](c2ccccc2)C1)C1=CCCCC1. The summed E-state index contributed by atoms with van der Waals surface area (Å²) in [5.41, 5.74) is 3.33. The van der Waals surface area contributed by atoms with Crippen LogP contribution >= 0.6 is 0 Å². The van der Waals surface area contributed by atoms with Crippen molar-refractivity contribution < 1.29 is 9.53 Å². The molecule has 2 aromatic rings. The Kier molecular flexibility index (Phi) is 6.07. The van der Waals surface area contributed by atoms with E-state index in [1.165, 1.54) is 17.5 Å². The van der Waals surface area contributed by atoms with E-state index in [9.17, 15) is 4.79 Å². The zero-order valence-corrected chi connectivity index (χ0v) is 16.3. The van der Waals surface area contributed by atoms with Crippen LogP contribution in [-0.2, 0) is 11.3 Å². The van der Waals surface area contributed by atoms with Gasteiger partial charge in [0.25, 0.3) is 0 Å². The number of para-hydroxylation sites is 1. The summed E-state index contributed by atoms with van der Waals surface area (Å²) in [7, 11) is 0. The minimum Gasteiger partial charge on any atom is -0.484 e. The lowest BCUT2D eigenvalue weighted by Crippen LogP contribution is -2.37. The fourth-order valence-corrected chi connectivity index (χ4v) is 3.98. The number of nitrogens with zero attached hydrogens (tertiary/aromatic N) is 1. The quantitative estimate of drug-likeness (QED) is 0.849. The van der Waals surface area contributed by atoms with E-state index in [0.717, 1.165) is 50.2 Å².